The second-order valence-electron chi connectivity index (χ2n) is 7.96. The highest BCUT2D eigenvalue weighted by atomic mass is 19.1. The number of rotatable bonds is 6. The number of allylic oxidation sites excluding steroid dienone is 1. The number of hydrogen-bond acceptors (Lipinski definition) is 4. The molecule has 1 amide bonds. The van der Waals surface area contributed by atoms with Crippen molar-refractivity contribution in [2.75, 3.05) is 31.4 Å². The smallest absolute Gasteiger partial charge is 0.248 e. The van der Waals surface area contributed by atoms with Crippen LogP contribution in [0.2, 0.25) is 0 Å². The zero-order valence-electron chi connectivity index (χ0n) is 19.0. The Balaban J connectivity index is 1.65. The maximum absolute atomic E-state index is 13.4. The fourth-order valence-corrected chi connectivity index (χ4v) is 3.68. The van der Waals surface area contributed by atoms with Crippen molar-refractivity contribution in [3.8, 4) is 16.9 Å². The van der Waals surface area contributed by atoms with Crippen LogP contribution in [-0.2, 0) is 4.79 Å². The van der Waals surface area contributed by atoms with Crippen LogP contribution in [-0.4, -0.2) is 27.1 Å². The highest BCUT2D eigenvalue weighted by Crippen LogP contribution is 2.37. The first-order chi connectivity index (χ1) is 15.9. The first-order valence-electron chi connectivity index (χ1n) is 10.5. The summed E-state index contributed by atoms with van der Waals surface area (Å²) in [4.78, 5) is 14.6. The molecule has 168 valence electrons. The van der Waals surface area contributed by atoms with Crippen LogP contribution in [0.4, 0.5) is 15.8 Å². The van der Waals surface area contributed by atoms with E-state index in [2.05, 4.69) is 5.32 Å². The molecule has 5 nitrogen and oxygen atoms in total. The molecular weight excluding hydrogens is 419 g/mol. The molecule has 0 saturated carbocycles. The minimum absolute atomic E-state index is 0.238. The number of nitrogens with one attached hydrogen (secondary N) is 1. The van der Waals surface area contributed by atoms with Crippen molar-refractivity contribution in [3.05, 3.63) is 84.4 Å². The van der Waals surface area contributed by atoms with Gasteiger partial charge in [0.1, 0.15) is 17.1 Å². The molecule has 33 heavy (non-hydrogen) atoms. The maximum Gasteiger partial charge on any atom is 0.248 e. The predicted octanol–water partition coefficient (Wildman–Crippen LogP) is 6.36. The molecule has 0 aliphatic heterocycles. The molecule has 0 unspecified atom stereocenters. The monoisotopic (exact) mass is 444 g/mol. The topological polar surface area (TPSA) is 54.7 Å². The maximum atomic E-state index is 13.4. The zero-order valence-corrected chi connectivity index (χ0v) is 19.0. The van der Waals surface area contributed by atoms with Crippen LogP contribution in [0.5, 0.6) is 5.75 Å². The van der Waals surface area contributed by atoms with Crippen molar-refractivity contribution in [1.82, 2.24) is 0 Å². The summed E-state index contributed by atoms with van der Waals surface area (Å²) < 4.78 is 24.6. The fourth-order valence-electron chi connectivity index (χ4n) is 3.68. The van der Waals surface area contributed by atoms with Gasteiger partial charge in [0.25, 0.3) is 0 Å². The summed E-state index contributed by atoms with van der Waals surface area (Å²) in [6, 6.07) is 17.6. The van der Waals surface area contributed by atoms with Gasteiger partial charge in [-0.3, -0.25) is 4.79 Å². The largest absolute Gasteiger partial charge is 0.496 e. The van der Waals surface area contributed by atoms with E-state index in [4.69, 9.17) is 9.15 Å². The van der Waals surface area contributed by atoms with Crippen molar-refractivity contribution in [2.45, 2.75) is 6.92 Å². The number of furan rings is 1. The van der Waals surface area contributed by atoms with E-state index in [1.807, 2.05) is 56.3 Å². The summed E-state index contributed by atoms with van der Waals surface area (Å²) in [7, 11) is 5.50. The molecular formula is C27H25FN2O3. The number of benzene rings is 3. The number of halogens is 1. The van der Waals surface area contributed by atoms with E-state index in [0.717, 1.165) is 33.3 Å². The Kier molecular flexibility index (Phi) is 6.18. The molecule has 0 atom stereocenters. The second-order valence-corrected chi connectivity index (χ2v) is 7.96. The van der Waals surface area contributed by atoms with Crippen LogP contribution in [0, 0.1) is 5.82 Å². The van der Waals surface area contributed by atoms with Crippen molar-refractivity contribution in [1.29, 1.82) is 0 Å². The van der Waals surface area contributed by atoms with Gasteiger partial charge >= 0.3 is 0 Å². The first kappa shape index (κ1) is 22.1. The van der Waals surface area contributed by atoms with E-state index in [9.17, 15) is 9.18 Å². The third-order valence-corrected chi connectivity index (χ3v) is 5.47. The lowest BCUT2D eigenvalue weighted by Gasteiger charge is -2.13. The molecule has 0 aliphatic rings. The summed E-state index contributed by atoms with van der Waals surface area (Å²) in [6.45, 7) is 1.86. The number of carbonyl (C=O) groups excluding carboxylic acids is 1. The van der Waals surface area contributed by atoms with Gasteiger partial charge in [-0.2, -0.15) is 0 Å². The van der Waals surface area contributed by atoms with Crippen LogP contribution in [0.15, 0.2) is 77.4 Å². The highest BCUT2D eigenvalue weighted by molar-refractivity contribution is 6.05. The van der Waals surface area contributed by atoms with Gasteiger partial charge in [0.15, 0.2) is 0 Å². The molecule has 1 aromatic heterocycles. The van der Waals surface area contributed by atoms with E-state index < -0.39 is 0 Å². The van der Waals surface area contributed by atoms with Gasteiger partial charge in [0.2, 0.25) is 5.91 Å². The van der Waals surface area contributed by atoms with Gasteiger partial charge in [-0.1, -0.05) is 12.1 Å². The molecule has 0 bridgehead atoms. The Morgan fingerprint density at radius 3 is 2.39 bits per heavy atom. The van der Waals surface area contributed by atoms with E-state index >= 15 is 0 Å². The normalized spacial score (nSPS) is 11.5. The van der Waals surface area contributed by atoms with E-state index in [1.54, 1.807) is 37.6 Å². The van der Waals surface area contributed by atoms with Gasteiger partial charge in [-0.15, -0.1) is 0 Å². The molecule has 0 spiro atoms. The lowest BCUT2D eigenvalue weighted by Crippen LogP contribution is -2.10. The Labute approximate surface area is 192 Å². The predicted molar refractivity (Wildman–Crippen MR) is 131 cm³/mol. The van der Waals surface area contributed by atoms with Gasteiger partial charge in [0, 0.05) is 54.1 Å². The summed E-state index contributed by atoms with van der Waals surface area (Å²) in [5.41, 5.74) is 5.60. The minimum Gasteiger partial charge on any atom is -0.496 e. The van der Waals surface area contributed by atoms with Crippen molar-refractivity contribution >= 4 is 33.8 Å². The Bertz CT molecular complexity index is 1320. The molecule has 6 heteroatoms. The number of hydrogen-bond donors (Lipinski definition) is 1. The molecule has 4 aromatic rings. The summed E-state index contributed by atoms with van der Waals surface area (Å²) in [5.74, 6) is 0.0626. The van der Waals surface area contributed by atoms with Gasteiger partial charge < -0.3 is 19.4 Å². The third kappa shape index (κ3) is 4.75. The molecule has 4 rings (SSSR count). The lowest BCUT2D eigenvalue weighted by molar-refractivity contribution is -0.111. The van der Waals surface area contributed by atoms with Crippen molar-refractivity contribution in [3.63, 3.8) is 0 Å². The second kappa shape index (κ2) is 9.20. The molecule has 1 heterocycles. The van der Waals surface area contributed by atoms with Crippen LogP contribution in [0.1, 0.15) is 12.5 Å². The van der Waals surface area contributed by atoms with E-state index in [1.165, 1.54) is 12.1 Å². The Hall–Kier alpha value is -4.06. The van der Waals surface area contributed by atoms with Gasteiger partial charge in [-0.25, -0.2) is 4.39 Å². The molecule has 0 saturated heterocycles. The number of methoxy groups -OCH3 is 1. The van der Waals surface area contributed by atoms with Crippen molar-refractivity contribution in [2.24, 2.45) is 0 Å². The number of fused-ring (bicyclic) bond motifs is 1. The molecule has 0 aliphatic carbocycles. The van der Waals surface area contributed by atoms with Gasteiger partial charge in [-0.05, 0) is 60.5 Å². The van der Waals surface area contributed by atoms with Crippen LogP contribution >= 0.6 is 0 Å². The van der Waals surface area contributed by atoms with Crippen LogP contribution in [0.25, 0.3) is 27.7 Å². The number of anilines is 2. The zero-order chi connectivity index (χ0) is 23.5. The van der Waals surface area contributed by atoms with Gasteiger partial charge in [0.05, 0.1) is 13.4 Å². The summed E-state index contributed by atoms with van der Waals surface area (Å²) in [6.07, 6.45) is 3.19. The number of ether oxygens (including phenoxy) is 1. The average Bonchev–Trinajstić information content (AvgIpc) is 3.21. The molecule has 0 radical (unpaired) electrons. The van der Waals surface area contributed by atoms with Crippen LogP contribution in [0.3, 0.4) is 0 Å². The summed E-state index contributed by atoms with van der Waals surface area (Å²) in [5, 5.41) is 3.74. The number of nitrogens with zero attached hydrogens (tertiary/aromatic N) is 1. The van der Waals surface area contributed by atoms with E-state index in [0.29, 0.717) is 17.0 Å². The lowest BCUT2D eigenvalue weighted by atomic mass is 9.99. The average molecular weight is 445 g/mol. The van der Waals surface area contributed by atoms with E-state index in [-0.39, 0.29) is 11.7 Å². The minimum atomic E-state index is -0.296. The van der Waals surface area contributed by atoms with Crippen molar-refractivity contribution < 1.29 is 18.3 Å². The highest BCUT2D eigenvalue weighted by Gasteiger charge is 2.15. The molecule has 3 aromatic carbocycles. The fraction of sp³-hybridized carbons (Fsp3) is 0.148. The Morgan fingerprint density at radius 1 is 1.06 bits per heavy atom. The third-order valence-electron chi connectivity index (χ3n) is 5.47. The molecule has 0 fully saturated rings. The standard InChI is InChI=1S/C27H25FN2O3/c1-17(13-27(31)29-20-9-11-21(12-10-20)30(2)3)22-14-23-24(18-5-7-19(28)8-6-18)16-33-26(23)15-25(22)32-4/h5-16H,1-4H3,(H,29,31)/b17-13+. The Morgan fingerprint density at radius 2 is 1.76 bits per heavy atom. The number of amides is 1. The SMILES string of the molecule is COc1cc2occ(-c3ccc(F)cc3)c2cc1/C(C)=C/C(=O)Nc1ccc(N(C)C)cc1. The quantitative estimate of drug-likeness (QED) is 0.352. The number of carbonyl (C=O) groups is 1. The van der Waals surface area contributed by atoms with Crippen LogP contribution < -0.4 is 15.0 Å². The molecule has 1 N–H and O–H groups in total. The first-order valence-corrected chi connectivity index (χ1v) is 10.5. The summed E-state index contributed by atoms with van der Waals surface area (Å²) >= 11 is 0.